The zero-order valence-corrected chi connectivity index (χ0v) is 9.67. The van der Waals surface area contributed by atoms with Gasteiger partial charge in [-0.25, -0.2) is 0 Å². The number of hydrogen-bond acceptors (Lipinski definition) is 1. The van der Waals surface area contributed by atoms with E-state index in [9.17, 15) is 0 Å². The Labute approximate surface area is 89.2 Å². The number of aliphatic hydroxyl groups excluding tert-OH is 1. The van der Waals surface area contributed by atoms with E-state index in [1.165, 1.54) is 38.5 Å². The minimum Gasteiger partial charge on any atom is -0.396 e. The molecule has 0 amide bonds. The Balaban J connectivity index is 3.33. The van der Waals surface area contributed by atoms with Gasteiger partial charge in [0.15, 0.2) is 0 Å². The van der Waals surface area contributed by atoms with E-state index < -0.39 is 0 Å². The summed E-state index contributed by atoms with van der Waals surface area (Å²) >= 11 is 0. The van der Waals surface area contributed by atoms with Crippen molar-refractivity contribution in [3.63, 3.8) is 0 Å². The van der Waals surface area contributed by atoms with Crippen LogP contribution in [0, 0.1) is 5.92 Å². The molecule has 0 saturated carbocycles. The van der Waals surface area contributed by atoms with E-state index in [0.29, 0.717) is 12.5 Å². The van der Waals surface area contributed by atoms with Gasteiger partial charge in [-0.05, 0) is 31.6 Å². The van der Waals surface area contributed by atoms with Crippen molar-refractivity contribution in [1.29, 1.82) is 0 Å². The fourth-order valence-corrected chi connectivity index (χ4v) is 1.74. The third kappa shape index (κ3) is 8.31. The molecule has 1 heteroatoms. The normalized spacial score (nSPS) is 12.7. The summed E-state index contributed by atoms with van der Waals surface area (Å²) in [5.74, 6) is 0.534. The smallest absolute Gasteiger partial charge is 0.0459 e. The molecule has 1 unspecified atom stereocenters. The zero-order chi connectivity index (χ0) is 10.6. The maximum absolute atomic E-state index is 9.16. The first-order valence-electron chi connectivity index (χ1n) is 6.06. The van der Waals surface area contributed by atoms with E-state index in [1.807, 2.05) is 6.08 Å². The lowest BCUT2D eigenvalue weighted by atomic mass is 9.96. The number of aliphatic hydroxyl groups is 1. The lowest BCUT2D eigenvalue weighted by Gasteiger charge is -2.12. The summed E-state index contributed by atoms with van der Waals surface area (Å²) < 4.78 is 0. The van der Waals surface area contributed by atoms with Gasteiger partial charge in [-0.1, -0.05) is 38.7 Å². The van der Waals surface area contributed by atoms with Crippen LogP contribution in [0.1, 0.15) is 58.3 Å². The minimum atomic E-state index is 0.364. The molecule has 0 bridgehead atoms. The van der Waals surface area contributed by atoms with Crippen LogP contribution in [0.2, 0.25) is 0 Å². The Bertz CT molecular complexity index is 120. The first-order valence-corrected chi connectivity index (χ1v) is 6.06. The molecule has 0 aliphatic heterocycles. The molecule has 14 heavy (non-hydrogen) atoms. The second kappa shape index (κ2) is 10.8. The van der Waals surface area contributed by atoms with Crippen LogP contribution in [-0.4, -0.2) is 11.7 Å². The predicted octanol–water partition coefficient (Wildman–Crippen LogP) is 3.92. The lowest BCUT2D eigenvalue weighted by Crippen LogP contribution is -2.05. The number of unbranched alkanes of at least 4 members (excludes halogenated alkanes) is 4. The van der Waals surface area contributed by atoms with Crippen LogP contribution in [0.25, 0.3) is 0 Å². The van der Waals surface area contributed by atoms with Gasteiger partial charge in [0.2, 0.25) is 0 Å². The lowest BCUT2D eigenvalue weighted by molar-refractivity contribution is 0.205. The molecule has 0 heterocycles. The average Bonchev–Trinajstić information content (AvgIpc) is 2.22. The van der Waals surface area contributed by atoms with Crippen LogP contribution in [0.4, 0.5) is 0 Å². The van der Waals surface area contributed by atoms with E-state index in [-0.39, 0.29) is 0 Å². The molecule has 0 radical (unpaired) electrons. The summed E-state index contributed by atoms with van der Waals surface area (Å²) in [5, 5.41) is 9.16. The van der Waals surface area contributed by atoms with Gasteiger partial charge in [-0.3, -0.25) is 0 Å². The molecule has 0 aromatic rings. The second-order valence-electron chi connectivity index (χ2n) is 4.12. The molecule has 0 aromatic carbocycles. The molecular formula is C13H26O. The van der Waals surface area contributed by atoms with E-state index in [1.54, 1.807) is 0 Å². The van der Waals surface area contributed by atoms with E-state index in [0.717, 1.165) is 12.8 Å². The van der Waals surface area contributed by atoms with Gasteiger partial charge in [0, 0.05) is 6.61 Å². The molecule has 0 aliphatic carbocycles. The fraction of sp³-hybridized carbons (Fsp3) is 0.846. The van der Waals surface area contributed by atoms with Gasteiger partial charge in [0.1, 0.15) is 0 Å². The topological polar surface area (TPSA) is 20.2 Å². The van der Waals surface area contributed by atoms with Crippen molar-refractivity contribution in [3.8, 4) is 0 Å². The Hall–Kier alpha value is -0.300. The van der Waals surface area contributed by atoms with Gasteiger partial charge in [0.25, 0.3) is 0 Å². The van der Waals surface area contributed by atoms with Crippen LogP contribution in [-0.2, 0) is 0 Å². The summed E-state index contributed by atoms with van der Waals surface area (Å²) in [6, 6.07) is 0. The second-order valence-corrected chi connectivity index (χ2v) is 4.12. The molecule has 84 valence electrons. The summed E-state index contributed by atoms with van der Waals surface area (Å²) in [6.45, 7) is 6.30. The largest absolute Gasteiger partial charge is 0.396 e. The Morgan fingerprint density at radius 3 is 2.43 bits per heavy atom. The summed E-state index contributed by atoms with van der Waals surface area (Å²) in [5.41, 5.74) is 0. The first-order chi connectivity index (χ1) is 6.85. The molecule has 1 N–H and O–H groups in total. The number of rotatable bonds is 10. The van der Waals surface area contributed by atoms with Crippen molar-refractivity contribution >= 4 is 0 Å². The monoisotopic (exact) mass is 198 g/mol. The predicted molar refractivity (Wildman–Crippen MR) is 63.4 cm³/mol. The third-order valence-electron chi connectivity index (χ3n) is 2.74. The summed E-state index contributed by atoms with van der Waals surface area (Å²) in [4.78, 5) is 0. The van der Waals surface area contributed by atoms with Crippen molar-refractivity contribution in [3.05, 3.63) is 12.7 Å². The van der Waals surface area contributed by atoms with Crippen LogP contribution < -0.4 is 0 Å². The van der Waals surface area contributed by atoms with E-state index >= 15 is 0 Å². The van der Waals surface area contributed by atoms with Crippen molar-refractivity contribution in [1.82, 2.24) is 0 Å². The van der Waals surface area contributed by atoms with Gasteiger partial charge in [0.05, 0.1) is 0 Å². The maximum Gasteiger partial charge on any atom is 0.0459 e. The maximum atomic E-state index is 9.16. The van der Waals surface area contributed by atoms with Crippen molar-refractivity contribution in [2.75, 3.05) is 6.61 Å². The zero-order valence-electron chi connectivity index (χ0n) is 9.67. The quantitative estimate of drug-likeness (QED) is 0.416. The highest BCUT2D eigenvalue weighted by Crippen LogP contribution is 2.16. The van der Waals surface area contributed by atoms with Crippen LogP contribution in [0.3, 0.4) is 0 Å². The van der Waals surface area contributed by atoms with Crippen molar-refractivity contribution in [2.45, 2.75) is 58.3 Å². The molecule has 1 atom stereocenters. The van der Waals surface area contributed by atoms with Gasteiger partial charge >= 0.3 is 0 Å². The van der Waals surface area contributed by atoms with Crippen LogP contribution in [0.5, 0.6) is 0 Å². The summed E-state index contributed by atoms with van der Waals surface area (Å²) in [6.07, 6.45) is 11.8. The molecule has 0 fully saturated rings. The van der Waals surface area contributed by atoms with Gasteiger partial charge in [-0.15, -0.1) is 6.58 Å². The molecular weight excluding hydrogens is 172 g/mol. The van der Waals surface area contributed by atoms with Gasteiger partial charge in [-0.2, -0.15) is 0 Å². The molecule has 0 spiro atoms. The van der Waals surface area contributed by atoms with Crippen LogP contribution >= 0.6 is 0 Å². The van der Waals surface area contributed by atoms with Crippen LogP contribution in [0.15, 0.2) is 12.7 Å². The minimum absolute atomic E-state index is 0.364. The van der Waals surface area contributed by atoms with E-state index in [2.05, 4.69) is 13.5 Å². The molecule has 1 nitrogen and oxygen atoms in total. The molecule has 0 saturated heterocycles. The standard InChI is InChI=1S/C13H26O/c1-3-5-7-9-11-13(12-14)10-8-6-4-2/h4,13-14H,2-3,5-12H2,1H3. The Kier molecular flexibility index (Phi) is 10.5. The van der Waals surface area contributed by atoms with Crippen molar-refractivity contribution < 1.29 is 5.11 Å². The highest BCUT2D eigenvalue weighted by Gasteiger charge is 2.05. The van der Waals surface area contributed by atoms with Crippen molar-refractivity contribution in [2.24, 2.45) is 5.92 Å². The van der Waals surface area contributed by atoms with E-state index in [4.69, 9.17) is 5.11 Å². The Morgan fingerprint density at radius 2 is 1.86 bits per heavy atom. The fourth-order valence-electron chi connectivity index (χ4n) is 1.74. The van der Waals surface area contributed by atoms with Gasteiger partial charge < -0.3 is 5.11 Å². The molecule has 0 rings (SSSR count). The average molecular weight is 198 g/mol. The summed E-state index contributed by atoms with van der Waals surface area (Å²) in [7, 11) is 0. The highest BCUT2D eigenvalue weighted by atomic mass is 16.3. The first kappa shape index (κ1) is 13.7. The number of allylic oxidation sites excluding steroid dienone is 1. The SMILES string of the molecule is C=CCCCC(CO)CCCCCC. The Morgan fingerprint density at radius 1 is 1.14 bits per heavy atom. The molecule has 0 aliphatic rings. The number of hydrogen-bond donors (Lipinski definition) is 1. The highest BCUT2D eigenvalue weighted by molar-refractivity contribution is 4.67. The third-order valence-corrected chi connectivity index (χ3v) is 2.74. The molecule has 0 aromatic heterocycles.